The van der Waals surface area contributed by atoms with Crippen molar-refractivity contribution in [1.29, 1.82) is 0 Å². The quantitative estimate of drug-likeness (QED) is 0.830. The Labute approximate surface area is 127 Å². The van der Waals surface area contributed by atoms with Gasteiger partial charge in [0.1, 0.15) is 0 Å². The van der Waals surface area contributed by atoms with Crippen molar-refractivity contribution in [3.63, 3.8) is 0 Å². The van der Waals surface area contributed by atoms with Gasteiger partial charge in [0.15, 0.2) is 0 Å². The fourth-order valence-electron chi connectivity index (χ4n) is 2.82. The first kappa shape index (κ1) is 16.0. The Hall–Kier alpha value is -1.36. The first-order valence-corrected chi connectivity index (χ1v) is 7.98. The molecule has 1 aromatic heterocycles. The van der Waals surface area contributed by atoms with E-state index >= 15 is 0 Å². The van der Waals surface area contributed by atoms with E-state index in [0.29, 0.717) is 0 Å². The van der Waals surface area contributed by atoms with E-state index in [2.05, 4.69) is 23.9 Å². The van der Waals surface area contributed by atoms with Crippen LogP contribution in [0.4, 0.5) is 5.95 Å². The maximum absolute atomic E-state index is 12.6. The number of anilines is 1. The lowest BCUT2D eigenvalue weighted by Gasteiger charge is -2.30. The highest BCUT2D eigenvalue weighted by Gasteiger charge is 2.19. The molecule has 0 amide bonds. The topological polar surface area (TPSA) is 41.4 Å². The number of hydrogen-bond acceptors (Lipinski definition) is 4. The largest absolute Gasteiger partial charge is 0.342 e. The van der Waals surface area contributed by atoms with Gasteiger partial charge >= 0.3 is 0 Å². The van der Waals surface area contributed by atoms with E-state index in [4.69, 9.17) is 4.98 Å². The molecule has 2 heterocycles. The van der Waals surface area contributed by atoms with Gasteiger partial charge < -0.3 is 9.80 Å². The third-order valence-corrected chi connectivity index (χ3v) is 4.24. The molecule has 0 atom stereocenters. The van der Waals surface area contributed by atoms with E-state index in [1.165, 1.54) is 19.3 Å². The molecule has 118 valence electrons. The lowest BCUT2D eigenvalue weighted by atomic mass is 10.1. The van der Waals surface area contributed by atoms with Crippen molar-refractivity contribution in [3.05, 3.63) is 21.6 Å². The summed E-state index contributed by atoms with van der Waals surface area (Å²) >= 11 is 0. The van der Waals surface area contributed by atoms with E-state index in [1.807, 2.05) is 18.4 Å². The van der Waals surface area contributed by atoms with Gasteiger partial charge in [0.25, 0.3) is 5.56 Å². The third kappa shape index (κ3) is 3.84. The molecule has 1 aromatic rings. The Morgan fingerprint density at radius 2 is 1.81 bits per heavy atom. The van der Waals surface area contributed by atoms with Crippen LogP contribution < -0.4 is 10.5 Å². The van der Waals surface area contributed by atoms with Crippen molar-refractivity contribution in [2.45, 2.75) is 46.1 Å². The first-order chi connectivity index (χ1) is 10.0. The van der Waals surface area contributed by atoms with Crippen LogP contribution in [-0.4, -0.2) is 48.2 Å². The molecule has 2 rings (SSSR count). The summed E-state index contributed by atoms with van der Waals surface area (Å²) in [5.41, 5.74) is 1.77. The molecule has 0 saturated carbocycles. The maximum atomic E-state index is 12.6. The summed E-state index contributed by atoms with van der Waals surface area (Å²) in [5, 5.41) is 0. The highest BCUT2D eigenvalue weighted by Crippen LogP contribution is 2.18. The summed E-state index contributed by atoms with van der Waals surface area (Å²) in [7, 11) is 4.12. The minimum Gasteiger partial charge on any atom is -0.342 e. The van der Waals surface area contributed by atoms with Crippen LogP contribution in [0.15, 0.2) is 4.79 Å². The maximum Gasteiger partial charge on any atom is 0.258 e. The highest BCUT2D eigenvalue weighted by atomic mass is 16.1. The van der Waals surface area contributed by atoms with Crippen molar-refractivity contribution < 1.29 is 0 Å². The number of rotatable bonds is 5. The molecular formula is C16H28N4O. The lowest BCUT2D eigenvalue weighted by Crippen LogP contribution is -2.38. The van der Waals surface area contributed by atoms with Crippen LogP contribution in [0, 0.1) is 13.8 Å². The van der Waals surface area contributed by atoms with Crippen LogP contribution in [0.2, 0.25) is 0 Å². The third-order valence-electron chi connectivity index (χ3n) is 4.24. The molecule has 0 aliphatic carbocycles. The van der Waals surface area contributed by atoms with Crippen LogP contribution >= 0.6 is 0 Å². The SMILES string of the molecule is Cc1nc(N2CCCCC2)n(CCCN(C)C)c(=O)c1C. The normalized spacial score (nSPS) is 15.8. The molecular weight excluding hydrogens is 264 g/mol. The molecule has 0 radical (unpaired) electrons. The first-order valence-electron chi connectivity index (χ1n) is 7.98. The van der Waals surface area contributed by atoms with Gasteiger partial charge in [0.2, 0.25) is 5.95 Å². The molecule has 5 nitrogen and oxygen atoms in total. The number of piperidine rings is 1. The second kappa shape index (κ2) is 7.07. The summed E-state index contributed by atoms with van der Waals surface area (Å²) in [6, 6.07) is 0. The molecule has 0 aromatic carbocycles. The monoisotopic (exact) mass is 292 g/mol. The fraction of sp³-hybridized carbons (Fsp3) is 0.750. The zero-order chi connectivity index (χ0) is 15.4. The van der Waals surface area contributed by atoms with Gasteiger partial charge in [0.05, 0.1) is 0 Å². The van der Waals surface area contributed by atoms with E-state index in [9.17, 15) is 4.79 Å². The van der Waals surface area contributed by atoms with Crippen LogP contribution in [-0.2, 0) is 6.54 Å². The zero-order valence-electron chi connectivity index (χ0n) is 13.9. The number of aryl methyl sites for hydroxylation is 1. The number of aromatic nitrogens is 2. The second-order valence-corrected chi connectivity index (χ2v) is 6.28. The highest BCUT2D eigenvalue weighted by molar-refractivity contribution is 5.35. The predicted octanol–water partition coefficient (Wildman–Crippen LogP) is 1.80. The van der Waals surface area contributed by atoms with Gasteiger partial charge in [0, 0.05) is 30.9 Å². The molecule has 1 fully saturated rings. The average Bonchev–Trinajstić information content (AvgIpc) is 2.47. The minimum atomic E-state index is 0.127. The molecule has 0 unspecified atom stereocenters. The lowest BCUT2D eigenvalue weighted by molar-refractivity contribution is 0.383. The van der Waals surface area contributed by atoms with Gasteiger partial charge in [-0.05, 0) is 60.2 Å². The van der Waals surface area contributed by atoms with E-state index in [-0.39, 0.29) is 5.56 Å². The standard InChI is InChI=1S/C16H28N4O/c1-13-14(2)17-16(19-10-6-5-7-11-19)20(15(13)21)12-8-9-18(3)4/h5-12H2,1-4H3. The van der Waals surface area contributed by atoms with Crippen LogP contribution in [0.5, 0.6) is 0 Å². The molecule has 0 spiro atoms. The van der Waals surface area contributed by atoms with Crippen LogP contribution in [0.3, 0.4) is 0 Å². The van der Waals surface area contributed by atoms with Gasteiger partial charge in [-0.3, -0.25) is 9.36 Å². The second-order valence-electron chi connectivity index (χ2n) is 6.28. The summed E-state index contributed by atoms with van der Waals surface area (Å²) in [6.45, 7) is 7.59. The molecule has 0 bridgehead atoms. The van der Waals surface area contributed by atoms with Gasteiger partial charge in [-0.25, -0.2) is 4.98 Å². The van der Waals surface area contributed by atoms with E-state index < -0.39 is 0 Å². The molecule has 1 aliphatic rings. The van der Waals surface area contributed by atoms with Crippen molar-refractivity contribution in [2.75, 3.05) is 38.6 Å². The summed E-state index contributed by atoms with van der Waals surface area (Å²) < 4.78 is 1.89. The summed E-state index contributed by atoms with van der Waals surface area (Å²) in [6.07, 6.45) is 4.64. The minimum absolute atomic E-state index is 0.127. The van der Waals surface area contributed by atoms with Crippen molar-refractivity contribution in [1.82, 2.24) is 14.5 Å². The van der Waals surface area contributed by atoms with E-state index in [0.717, 1.165) is 49.8 Å². The fourth-order valence-corrected chi connectivity index (χ4v) is 2.82. The Morgan fingerprint density at radius 3 is 2.43 bits per heavy atom. The number of nitrogens with zero attached hydrogens (tertiary/aromatic N) is 4. The Kier molecular flexibility index (Phi) is 5.39. The molecule has 0 N–H and O–H groups in total. The Balaban J connectivity index is 2.30. The summed E-state index contributed by atoms with van der Waals surface area (Å²) in [4.78, 5) is 21.8. The van der Waals surface area contributed by atoms with E-state index in [1.54, 1.807) is 0 Å². The molecule has 5 heteroatoms. The smallest absolute Gasteiger partial charge is 0.258 e. The molecule has 1 aliphatic heterocycles. The van der Waals surface area contributed by atoms with Crippen LogP contribution in [0.1, 0.15) is 36.9 Å². The summed E-state index contributed by atoms with van der Waals surface area (Å²) in [5.74, 6) is 0.876. The predicted molar refractivity (Wildman–Crippen MR) is 87.2 cm³/mol. The van der Waals surface area contributed by atoms with Crippen LogP contribution in [0.25, 0.3) is 0 Å². The Bertz CT molecular complexity index is 530. The Morgan fingerprint density at radius 1 is 1.14 bits per heavy atom. The zero-order valence-corrected chi connectivity index (χ0v) is 13.9. The number of hydrogen-bond donors (Lipinski definition) is 0. The van der Waals surface area contributed by atoms with Crippen molar-refractivity contribution >= 4 is 5.95 Å². The van der Waals surface area contributed by atoms with Crippen molar-refractivity contribution in [2.24, 2.45) is 0 Å². The molecule has 1 saturated heterocycles. The average molecular weight is 292 g/mol. The molecule has 21 heavy (non-hydrogen) atoms. The van der Waals surface area contributed by atoms with Gasteiger partial charge in [-0.15, -0.1) is 0 Å². The van der Waals surface area contributed by atoms with Gasteiger partial charge in [-0.1, -0.05) is 0 Å². The van der Waals surface area contributed by atoms with Gasteiger partial charge in [-0.2, -0.15) is 0 Å². The van der Waals surface area contributed by atoms with Crippen molar-refractivity contribution in [3.8, 4) is 0 Å².